The molecule has 0 saturated heterocycles. The van der Waals surface area contributed by atoms with Gasteiger partial charge in [0, 0.05) is 35.5 Å². The summed E-state index contributed by atoms with van der Waals surface area (Å²) in [5.74, 6) is 6.54. The second-order valence-corrected chi connectivity index (χ2v) is 8.43. The zero-order valence-corrected chi connectivity index (χ0v) is 20.4. The minimum absolute atomic E-state index is 0.201. The van der Waals surface area contributed by atoms with Crippen LogP contribution in [0.25, 0.3) is 33.1 Å². The summed E-state index contributed by atoms with van der Waals surface area (Å²) in [5, 5.41) is 12.3. The maximum absolute atomic E-state index is 12.6. The number of fused-ring (bicyclic) bond motifs is 2. The highest BCUT2D eigenvalue weighted by molar-refractivity contribution is 5.95. The van der Waals surface area contributed by atoms with Gasteiger partial charge < -0.3 is 10.6 Å². The molecule has 2 N–H and O–H groups in total. The van der Waals surface area contributed by atoms with E-state index in [4.69, 9.17) is 0 Å². The number of hydrogen-bond donors (Lipinski definition) is 2. The van der Waals surface area contributed by atoms with E-state index in [0.717, 1.165) is 38.6 Å². The molecular formula is C27H24N8O. The van der Waals surface area contributed by atoms with Gasteiger partial charge in [-0.15, -0.1) is 0 Å². The molecular weight excluding hydrogens is 452 g/mol. The molecule has 0 aliphatic rings. The summed E-state index contributed by atoms with van der Waals surface area (Å²) in [7, 11) is 3.57. The Balaban J connectivity index is 1.60. The molecule has 0 spiro atoms. The summed E-state index contributed by atoms with van der Waals surface area (Å²) in [4.78, 5) is 30.3. The van der Waals surface area contributed by atoms with E-state index in [2.05, 4.69) is 47.5 Å². The molecule has 0 aliphatic heterocycles. The summed E-state index contributed by atoms with van der Waals surface area (Å²) in [5.41, 5.74) is 5.26. The number of amides is 1. The van der Waals surface area contributed by atoms with Crippen molar-refractivity contribution in [1.29, 1.82) is 0 Å². The highest BCUT2D eigenvalue weighted by Gasteiger charge is 2.16. The van der Waals surface area contributed by atoms with Crippen molar-refractivity contribution < 1.29 is 4.79 Å². The number of hydrogen-bond acceptors (Lipinski definition) is 7. The van der Waals surface area contributed by atoms with Gasteiger partial charge in [-0.2, -0.15) is 5.10 Å². The Morgan fingerprint density at radius 1 is 1.08 bits per heavy atom. The Kier molecular flexibility index (Phi) is 6.10. The van der Waals surface area contributed by atoms with Crippen LogP contribution in [0.15, 0.2) is 55.1 Å². The third kappa shape index (κ3) is 4.50. The van der Waals surface area contributed by atoms with Gasteiger partial charge >= 0.3 is 0 Å². The Morgan fingerprint density at radius 3 is 2.78 bits per heavy atom. The molecule has 4 aromatic heterocycles. The first kappa shape index (κ1) is 23.1. The van der Waals surface area contributed by atoms with Gasteiger partial charge in [0.05, 0.1) is 17.9 Å². The Hall–Kier alpha value is -4.68. The number of aryl methyl sites for hydroxylation is 2. The van der Waals surface area contributed by atoms with Crippen LogP contribution in [0.4, 0.5) is 5.82 Å². The zero-order chi connectivity index (χ0) is 25.2. The predicted molar refractivity (Wildman–Crippen MR) is 139 cm³/mol. The van der Waals surface area contributed by atoms with Crippen LogP contribution in [0, 0.1) is 18.8 Å². The number of nitrogens with zero attached hydrogens (tertiary/aromatic N) is 6. The lowest BCUT2D eigenvalue weighted by molar-refractivity contribution is -0.117. The number of benzene rings is 1. The highest BCUT2D eigenvalue weighted by Crippen LogP contribution is 2.27. The monoisotopic (exact) mass is 476 g/mol. The Bertz CT molecular complexity index is 1680. The molecule has 0 unspecified atom stereocenters. The van der Waals surface area contributed by atoms with Crippen molar-refractivity contribution in [2.24, 2.45) is 7.05 Å². The fraction of sp³-hybridized carbons (Fsp3) is 0.185. The summed E-state index contributed by atoms with van der Waals surface area (Å²) < 4.78 is 1.73. The quantitative estimate of drug-likeness (QED) is 0.383. The highest BCUT2D eigenvalue weighted by atomic mass is 16.2. The van der Waals surface area contributed by atoms with E-state index in [-0.39, 0.29) is 11.9 Å². The molecule has 9 heteroatoms. The molecule has 0 bridgehead atoms. The van der Waals surface area contributed by atoms with Crippen molar-refractivity contribution in [2.75, 3.05) is 12.4 Å². The first-order valence-corrected chi connectivity index (χ1v) is 11.4. The van der Waals surface area contributed by atoms with Gasteiger partial charge in [0.2, 0.25) is 5.91 Å². The molecule has 9 nitrogen and oxygen atoms in total. The van der Waals surface area contributed by atoms with Crippen molar-refractivity contribution in [3.05, 3.63) is 72.1 Å². The fourth-order valence-corrected chi connectivity index (χ4v) is 3.92. The van der Waals surface area contributed by atoms with E-state index in [1.807, 2.05) is 44.3 Å². The van der Waals surface area contributed by atoms with Gasteiger partial charge in [0.15, 0.2) is 0 Å². The van der Waals surface area contributed by atoms with Gasteiger partial charge in [-0.1, -0.05) is 12.0 Å². The maximum atomic E-state index is 12.6. The number of anilines is 1. The number of aromatic nitrogens is 6. The van der Waals surface area contributed by atoms with Crippen molar-refractivity contribution in [3.8, 4) is 23.1 Å². The second kappa shape index (κ2) is 9.52. The molecule has 178 valence electrons. The lowest BCUT2D eigenvalue weighted by Gasteiger charge is -2.12. The number of likely N-dealkylation sites (N-methyl/N-ethyl adjacent to an activating group) is 1. The van der Waals surface area contributed by atoms with Gasteiger partial charge in [0.1, 0.15) is 28.9 Å². The molecule has 0 saturated carbocycles. The third-order valence-electron chi connectivity index (χ3n) is 6.00. The average molecular weight is 477 g/mol. The molecule has 1 aromatic carbocycles. The zero-order valence-electron chi connectivity index (χ0n) is 20.4. The van der Waals surface area contributed by atoms with E-state index in [1.165, 1.54) is 6.33 Å². The number of carbonyl (C=O) groups excluding carboxylic acids is 1. The topological polar surface area (TPSA) is 111 Å². The molecule has 4 heterocycles. The molecule has 0 fully saturated rings. The normalized spacial score (nSPS) is 11.8. The molecule has 0 aliphatic carbocycles. The maximum Gasteiger partial charge on any atom is 0.242 e. The minimum Gasteiger partial charge on any atom is -0.309 e. The lowest BCUT2D eigenvalue weighted by Crippen LogP contribution is -2.35. The molecule has 1 atom stereocenters. The smallest absolute Gasteiger partial charge is 0.242 e. The standard InChI is InChI=1S/C27H24N8O/c1-16-22-8-6-18(11-19(22)9-10-29-16)5-7-21-12-20(13-24(33-21)34-27(36)17(2)28-3)25-26-23(30-15-31-25)14-32-35(26)4/h6,8-15,17,28H,1-4H3,(H,33,34,36)/t17-/m1/s1. The molecule has 36 heavy (non-hydrogen) atoms. The van der Waals surface area contributed by atoms with Crippen LogP contribution in [0.2, 0.25) is 0 Å². The Labute approximate surface area is 208 Å². The summed E-state index contributed by atoms with van der Waals surface area (Å²) in [6, 6.07) is 11.2. The lowest BCUT2D eigenvalue weighted by atomic mass is 10.1. The molecule has 0 radical (unpaired) electrons. The third-order valence-corrected chi connectivity index (χ3v) is 6.00. The molecule has 5 rings (SSSR count). The van der Waals surface area contributed by atoms with Crippen LogP contribution in [0.1, 0.15) is 23.9 Å². The minimum atomic E-state index is -0.386. The van der Waals surface area contributed by atoms with Gasteiger partial charge in [-0.25, -0.2) is 15.0 Å². The summed E-state index contributed by atoms with van der Waals surface area (Å²) >= 11 is 0. The van der Waals surface area contributed by atoms with E-state index in [1.54, 1.807) is 37.1 Å². The number of pyridine rings is 2. The fourth-order valence-electron chi connectivity index (χ4n) is 3.92. The first-order valence-electron chi connectivity index (χ1n) is 11.4. The first-order chi connectivity index (χ1) is 17.4. The van der Waals surface area contributed by atoms with Crippen LogP contribution >= 0.6 is 0 Å². The van der Waals surface area contributed by atoms with Gasteiger partial charge in [-0.3, -0.25) is 14.5 Å². The predicted octanol–water partition coefficient (Wildman–Crippen LogP) is 3.23. The SMILES string of the molecule is CN[C@H](C)C(=O)Nc1cc(-c2ncnc3cnn(C)c23)cc(C#Cc2ccc3c(C)nccc3c2)n1. The van der Waals surface area contributed by atoms with E-state index in [0.29, 0.717) is 17.2 Å². The van der Waals surface area contributed by atoms with Crippen molar-refractivity contribution in [2.45, 2.75) is 19.9 Å². The summed E-state index contributed by atoms with van der Waals surface area (Å²) in [6.45, 7) is 3.76. The number of nitrogens with one attached hydrogen (secondary N) is 2. The van der Waals surface area contributed by atoms with Crippen LogP contribution in [-0.2, 0) is 11.8 Å². The van der Waals surface area contributed by atoms with Gasteiger partial charge in [-0.05, 0) is 62.5 Å². The van der Waals surface area contributed by atoms with E-state index >= 15 is 0 Å². The van der Waals surface area contributed by atoms with E-state index < -0.39 is 0 Å². The average Bonchev–Trinajstić information content (AvgIpc) is 3.27. The second-order valence-electron chi connectivity index (χ2n) is 8.43. The van der Waals surface area contributed by atoms with Gasteiger partial charge in [0.25, 0.3) is 0 Å². The van der Waals surface area contributed by atoms with E-state index in [9.17, 15) is 4.79 Å². The number of carbonyl (C=O) groups is 1. The van der Waals surface area contributed by atoms with Crippen molar-refractivity contribution in [1.82, 2.24) is 35.0 Å². The van der Waals surface area contributed by atoms with Crippen LogP contribution in [0.5, 0.6) is 0 Å². The largest absolute Gasteiger partial charge is 0.309 e. The van der Waals surface area contributed by atoms with Crippen LogP contribution in [-0.4, -0.2) is 48.7 Å². The number of rotatable bonds is 4. The van der Waals surface area contributed by atoms with Crippen LogP contribution in [0.3, 0.4) is 0 Å². The van der Waals surface area contributed by atoms with Crippen molar-refractivity contribution in [3.63, 3.8) is 0 Å². The summed E-state index contributed by atoms with van der Waals surface area (Å²) in [6.07, 6.45) is 4.98. The Morgan fingerprint density at radius 2 is 1.94 bits per heavy atom. The molecule has 5 aromatic rings. The van der Waals surface area contributed by atoms with Crippen molar-refractivity contribution >= 4 is 33.5 Å². The molecule has 1 amide bonds. The van der Waals surface area contributed by atoms with Crippen LogP contribution < -0.4 is 10.6 Å².